The molecule has 0 radical (unpaired) electrons. The lowest BCUT2D eigenvalue weighted by Gasteiger charge is -2.34. The molecule has 1 unspecified atom stereocenters. The third-order valence-corrected chi connectivity index (χ3v) is 5.33. The smallest absolute Gasteiger partial charge is 0.223 e. The molecule has 2 rings (SSSR count). The van der Waals surface area contributed by atoms with Gasteiger partial charge in [-0.05, 0) is 46.7 Å². The third kappa shape index (κ3) is 2.98. The van der Waals surface area contributed by atoms with Gasteiger partial charge < -0.3 is 10.6 Å². The van der Waals surface area contributed by atoms with Gasteiger partial charge in [0.2, 0.25) is 5.91 Å². The second kappa shape index (κ2) is 5.21. The molecule has 1 aliphatic heterocycles. The fourth-order valence-electron chi connectivity index (χ4n) is 2.09. The lowest BCUT2D eigenvalue weighted by molar-refractivity contribution is -0.128. The van der Waals surface area contributed by atoms with Gasteiger partial charge in [-0.15, -0.1) is 11.3 Å². The van der Waals surface area contributed by atoms with Crippen molar-refractivity contribution in [3.05, 3.63) is 15.6 Å². The van der Waals surface area contributed by atoms with Gasteiger partial charge in [-0.1, -0.05) is 6.92 Å². The summed E-state index contributed by atoms with van der Waals surface area (Å²) < 4.78 is 0. The zero-order valence-corrected chi connectivity index (χ0v) is 13.1. The predicted molar refractivity (Wildman–Crippen MR) is 78.3 cm³/mol. The van der Waals surface area contributed by atoms with Crippen molar-refractivity contribution < 1.29 is 4.79 Å². The summed E-state index contributed by atoms with van der Waals surface area (Å²) in [4.78, 5) is 18.1. The highest BCUT2D eigenvalue weighted by atomic mass is 32.1. The maximum Gasteiger partial charge on any atom is 0.223 e. The van der Waals surface area contributed by atoms with Crippen molar-refractivity contribution in [3.8, 4) is 0 Å². The molecule has 2 heterocycles. The topological polar surface area (TPSA) is 54.0 Å². The first-order chi connectivity index (χ1) is 8.81. The number of rotatable bonds is 4. The summed E-state index contributed by atoms with van der Waals surface area (Å²) in [5, 5.41) is 7.34. The Hall–Kier alpha value is -0.940. The zero-order chi connectivity index (χ0) is 14.2. The Bertz CT molecular complexity index is 458. The average Bonchev–Trinajstić information content (AvgIpc) is 2.57. The van der Waals surface area contributed by atoms with Crippen LogP contribution in [0.25, 0.3) is 0 Å². The van der Waals surface area contributed by atoms with Crippen LogP contribution in [-0.4, -0.2) is 24.0 Å². The summed E-state index contributed by atoms with van der Waals surface area (Å²) in [7, 11) is 0. The molecule has 19 heavy (non-hydrogen) atoms. The number of thiazole rings is 1. The van der Waals surface area contributed by atoms with E-state index in [1.54, 1.807) is 11.3 Å². The number of carbonyl (C=O) groups excluding carboxylic acids is 1. The van der Waals surface area contributed by atoms with Crippen LogP contribution in [0.3, 0.4) is 0 Å². The maximum atomic E-state index is 12.3. The van der Waals surface area contributed by atoms with Crippen molar-refractivity contribution >= 4 is 17.2 Å². The maximum absolute atomic E-state index is 12.3. The van der Waals surface area contributed by atoms with Gasteiger partial charge in [0.15, 0.2) is 0 Å². The molecule has 0 saturated carbocycles. The molecule has 1 saturated heterocycles. The van der Waals surface area contributed by atoms with E-state index in [0.717, 1.165) is 23.8 Å². The third-order valence-electron chi connectivity index (χ3n) is 3.93. The molecule has 1 atom stereocenters. The molecule has 0 bridgehead atoms. The van der Waals surface area contributed by atoms with Gasteiger partial charge in [0.25, 0.3) is 0 Å². The van der Waals surface area contributed by atoms with E-state index in [2.05, 4.69) is 22.5 Å². The Balaban J connectivity index is 2.05. The van der Waals surface area contributed by atoms with E-state index in [1.165, 1.54) is 4.88 Å². The zero-order valence-electron chi connectivity index (χ0n) is 12.3. The molecule has 1 aliphatic rings. The number of nitrogens with one attached hydrogen (secondary N) is 2. The van der Waals surface area contributed by atoms with Gasteiger partial charge in [-0.25, -0.2) is 4.98 Å². The number of hydrogen-bond acceptors (Lipinski definition) is 4. The highest BCUT2D eigenvalue weighted by Crippen LogP contribution is 2.28. The number of hydrogen-bond donors (Lipinski definition) is 2. The van der Waals surface area contributed by atoms with Gasteiger partial charge in [-0.2, -0.15) is 0 Å². The van der Waals surface area contributed by atoms with Gasteiger partial charge >= 0.3 is 0 Å². The molecule has 1 fully saturated rings. The van der Waals surface area contributed by atoms with E-state index >= 15 is 0 Å². The number of aromatic nitrogens is 1. The standard InChI is InChI=1S/C14H23N3OS/c1-8(11-6-15-7-11)12(18)17-14(4,5)13-16-9(2)10(3)19-13/h8,11,15H,6-7H2,1-5H3,(H,17,18). The summed E-state index contributed by atoms with van der Waals surface area (Å²) in [5.74, 6) is 0.653. The van der Waals surface area contributed by atoms with Crippen molar-refractivity contribution in [2.75, 3.05) is 13.1 Å². The highest BCUT2D eigenvalue weighted by molar-refractivity contribution is 7.11. The van der Waals surface area contributed by atoms with Gasteiger partial charge in [0, 0.05) is 10.8 Å². The van der Waals surface area contributed by atoms with Gasteiger partial charge in [0.1, 0.15) is 5.01 Å². The van der Waals surface area contributed by atoms with E-state index < -0.39 is 5.54 Å². The highest BCUT2D eigenvalue weighted by Gasteiger charge is 2.33. The number of amides is 1. The van der Waals surface area contributed by atoms with E-state index in [4.69, 9.17) is 0 Å². The monoisotopic (exact) mass is 281 g/mol. The Kier molecular flexibility index (Phi) is 3.97. The first-order valence-corrected chi connectivity index (χ1v) is 7.60. The van der Waals surface area contributed by atoms with Crippen LogP contribution in [0.15, 0.2) is 0 Å². The van der Waals surface area contributed by atoms with Crippen LogP contribution < -0.4 is 10.6 Å². The van der Waals surface area contributed by atoms with Crippen LogP contribution in [0.4, 0.5) is 0 Å². The van der Waals surface area contributed by atoms with Gasteiger partial charge in [-0.3, -0.25) is 4.79 Å². The predicted octanol–water partition coefficient (Wildman–Crippen LogP) is 1.97. The summed E-state index contributed by atoms with van der Waals surface area (Å²) in [5.41, 5.74) is 0.658. The van der Waals surface area contributed by atoms with Crippen LogP contribution in [0, 0.1) is 25.7 Å². The first-order valence-electron chi connectivity index (χ1n) is 6.78. The molecular formula is C14H23N3OS. The minimum atomic E-state index is -0.397. The van der Waals surface area contributed by atoms with Crippen molar-refractivity contribution in [2.45, 2.75) is 40.2 Å². The second-order valence-corrected chi connectivity index (χ2v) is 7.19. The van der Waals surface area contributed by atoms with Crippen LogP contribution in [0.2, 0.25) is 0 Å². The molecule has 2 N–H and O–H groups in total. The minimum absolute atomic E-state index is 0.0580. The fourth-order valence-corrected chi connectivity index (χ4v) is 3.07. The van der Waals surface area contributed by atoms with Crippen LogP contribution in [0.5, 0.6) is 0 Å². The van der Waals surface area contributed by atoms with E-state index in [9.17, 15) is 4.79 Å². The van der Waals surface area contributed by atoms with E-state index in [1.807, 2.05) is 27.7 Å². The Morgan fingerprint density at radius 2 is 2.11 bits per heavy atom. The lowest BCUT2D eigenvalue weighted by Crippen LogP contribution is -2.52. The normalized spacial score (nSPS) is 17.9. The van der Waals surface area contributed by atoms with Crippen LogP contribution in [0.1, 0.15) is 36.3 Å². The number of nitrogens with zero attached hydrogens (tertiary/aromatic N) is 1. The molecule has 0 spiro atoms. The number of aryl methyl sites for hydroxylation is 2. The second-order valence-electron chi connectivity index (χ2n) is 5.98. The van der Waals surface area contributed by atoms with E-state index in [-0.39, 0.29) is 11.8 Å². The molecule has 1 aromatic rings. The molecule has 0 aromatic carbocycles. The van der Waals surface area contributed by atoms with Crippen molar-refractivity contribution in [3.63, 3.8) is 0 Å². The van der Waals surface area contributed by atoms with Crippen molar-refractivity contribution in [1.29, 1.82) is 0 Å². The summed E-state index contributed by atoms with van der Waals surface area (Å²) >= 11 is 1.66. The minimum Gasteiger partial charge on any atom is -0.344 e. The summed E-state index contributed by atoms with van der Waals surface area (Å²) in [6, 6.07) is 0. The molecule has 1 aromatic heterocycles. The molecule has 4 nitrogen and oxygen atoms in total. The molecule has 5 heteroatoms. The summed E-state index contributed by atoms with van der Waals surface area (Å²) in [6.07, 6.45) is 0. The van der Waals surface area contributed by atoms with Gasteiger partial charge in [0.05, 0.1) is 11.2 Å². The van der Waals surface area contributed by atoms with Crippen molar-refractivity contribution in [2.24, 2.45) is 11.8 Å². The first kappa shape index (κ1) is 14.5. The SMILES string of the molecule is Cc1nc(C(C)(C)NC(=O)C(C)C2CNC2)sc1C. The Labute approximate surface area is 119 Å². The quantitative estimate of drug-likeness (QED) is 0.887. The molecule has 1 amide bonds. The van der Waals surface area contributed by atoms with Crippen LogP contribution in [-0.2, 0) is 10.3 Å². The fraction of sp³-hybridized carbons (Fsp3) is 0.714. The Morgan fingerprint density at radius 3 is 2.53 bits per heavy atom. The Morgan fingerprint density at radius 1 is 1.47 bits per heavy atom. The van der Waals surface area contributed by atoms with Crippen LogP contribution >= 0.6 is 11.3 Å². The summed E-state index contributed by atoms with van der Waals surface area (Å²) in [6.45, 7) is 12.0. The van der Waals surface area contributed by atoms with Crippen molar-refractivity contribution in [1.82, 2.24) is 15.6 Å². The molecule has 106 valence electrons. The molecular weight excluding hydrogens is 258 g/mol. The number of carbonyl (C=O) groups is 1. The molecule has 0 aliphatic carbocycles. The average molecular weight is 281 g/mol. The largest absolute Gasteiger partial charge is 0.344 e. The van der Waals surface area contributed by atoms with E-state index in [0.29, 0.717) is 5.92 Å². The lowest BCUT2D eigenvalue weighted by atomic mass is 9.87.